The van der Waals surface area contributed by atoms with Crippen LogP contribution in [0.25, 0.3) is 5.65 Å². The van der Waals surface area contributed by atoms with Crippen LogP contribution >= 0.6 is 0 Å². The molecular formula is C23H27N7O4. The van der Waals surface area contributed by atoms with E-state index in [9.17, 15) is 14.7 Å². The minimum absolute atomic E-state index is 0.113. The summed E-state index contributed by atoms with van der Waals surface area (Å²) in [6, 6.07) is 5.58. The molecule has 0 bridgehead atoms. The van der Waals surface area contributed by atoms with Crippen molar-refractivity contribution < 1.29 is 19.4 Å². The third kappa shape index (κ3) is 4.15. The Morgan fingerprint density at radius 2 is 2.06 bits per heavy atom. The van der Waals surface area contributed by atoms with Crippen molar-refractivity contribution in [3.05, 3.63) is 47.9 Å². The van der Waals surface area contributed by atoms with E-state index in [1.54, 1.807) is 23.0 Å². The van der Waals surface area contributed by atoms with Gasteiger partial charge >= 0.3 is 0 Å². The lowest BCUT2D eigenvalue weighted by Gasteiger charge is -2.36. The van der Waals surface area contributed by atoms with E-state index < -0.39 is 5.60 Å². The van der Waals surface area contributed by atoms with Crippen LogP contribution in [-0.2, 0) is 11.2 Å². The van der Waals surface area contributed by atoms with Crippen molar-refractivity contribution in [3.8, 4) is 5.75 Å². The van der Waals surface area contributed by atoms with E-state index in [0.29, 0.717) is 55.2 Å². The fraction of sp³-hybridized carbons (Fsp3) is 0.391. The van der Waals surface area contributed by atoms with Crippen LogP contribution in [0.2, 0.25) is 0 Å². The molecule has 3 aromatic rings. The van der Waals surface area contributed by atoms with Gasteiger partial charge < -0.3 is 25.8 Å². The highest BCUT2D eigenvalue weighted by Gasteiger charge is 2.36. The van der Waals surface area contributed by atoms with Crippen molar-refractivity contribution in [2.75, 3.05) is 49.5 Å². The van der Waals surface area contributed by atoms with Gasteiger partial charge in [0.1, 0.15) is 16.9 Å². The second-order valence-electron chi connectivity index (χ2n) is 8.99. The van der Waals surface area contributed by atoms with Crippen molar-refractivity contribution in [3.63, 3.8) is 0 Å². The molecule has 1 atom stereocenters. The number of carbonyl (C=O) groups is 2. The molecule has 2 aliphatic rings. The second-order valence-corrected chi connectivity index (χ2v) is 8.99. The van der Waals surface area contributed by atoms with Gasteiger partial charge in [0, 0.05) is 56.6 Å². The number of hydrogen-bond acceptors (Lipinski definition) is 8. The lowest BCUT2D eigenvalue weighted by Crippen LogP contribution is -2.49. The van der Waals surface area contributed by atoms with Gasteiger partial charge in [0.2, 0.25) is 5.91 Å². The van der Waals surface area contributed by atoms with E-state index in [1.807, 2.05) is 24.0 Å². The maximum Gasteiger partial charge on any atom is 0.261 e. The van der Waals surface area contributed by atoms with Gasteiger partial charge in [-0.2, -0.15) is 5.10 Å². The average Bonchev–Trinajstić information content (AvgIpc) is 3.39. The van der Waals surface area contributed by atoms with Crippen molar-refractivity contribution in [1.29, 1.82) is 0 Å². The molecule has 11 heteroatoms. The van der Waals surface area contributed by atoms with E-state index in [4.69, 9.17) is 10.5 Å². The maximum atomic E-state index is 13.2. The summed E-state index contributed by atoms with van der Waals surface area (Å²) in [5.74, 6) is 0.0329. The molecule has 4 heterocycles. The monoisotopic (exact) mass is 465 g/mol. The van der Waals surface area contributed by atoms with Gasteiger partial charge in [0.25, 0.3) is 5.91 Å². The van der Waals surface area contributed by atoms with E-state index >= 15 is 0 Å². The number of primary amides is 1. The normalized spacial score (nSPS) is 20.2. The van der Waals surface area contributed by atoms with E-state index in [1.165, 1.54) is 6.20 Å². The molecule has 0 unspecified atom stereocenters. The van der Waals surface area contributed by atoms with Gasteiger partial charge in [-0.1, -0.05) is 0 Å². The number of nitrogens with zero attached hydrogens (tertiary/aromatic N) is 5. The standard InChI is InChI=1S/C23H27N7O4/c1-23(14-31)11-15-9-17(27-22(33)16-12-26-30-4-2-3-25-21(16)30)18(10-19(15)34-23)29-7-5-28(6-8-29)13-20(24)32/h2-4,9-10,12,31H,5-8,11,13-14H2,1H3,(H2,24,32)(H,27,33)/t23-/m1/s1. The van der Waals surface area contributed by atoms with Crippen molar-refractivity contribution in [1.82, 2.24) is 19.5 Å². The highest BCUT2D eigenvalue weighted by Crippen LogP contribution is 2.42. The number of aromatic nitrogens is 3. The van der Waals surface area contributed by atoms with Gasteiger partial charge in [-0.25, -0.2) is 9.50 Å². The molecule has 0 aliphatic carbocycles. The van der Waals surface area contributed by atoms with Crippen LogP contribution in [-0.4, -0.2) is 81.4 Å². The van der Waals surface area contributed by atoms with Gasteiger partial charge in [0.15, 0.2) is 5.65 Å². The summed E-state index contributed by atoms with van der Waals surface area (Å²) in [4.78, 5) is 33.0. The molecule has 178 valence electrons. The zero-order valence-electron chi connectivity index (χ0n) is 18.9. The largest absolute Gasteiger partial charge is 0.484 e. The number of fused-ring (bicyclic) bond motifs is 2. The summed E-state index contributed by atoms with van der Waals surface area (Å²) in [6.45, 7) is 4.62. The smallest absolute Gasteiger partial charge is 0.261 e. The van der Waals surface area contributed by atoms with Crippen LogP contribution in [0, 0.1) is 0 Å². The van der Waals surface area contributed by atoms with Gasteiger partial charge in [-0.15, -0.1) is 0 Å². The Bertz CT molecular complexity index is 1250. The van der Waals surface area contributed by atoms with Crippen LogP contribution in [0.1, 0.15) is 22.8 Å². The summed E-state index contributed by atoms with van der Waals surface area (Å²) in [5.41, 5.74) is 7.87. The van der Waals surface area contributed by atoms with Crippen molar-refractivity contribution in [2.45, 2.75) is 18.9 Å². The predicted molar refractivity (Wildman–Crippen MR) is 125 cm³/mol. The Kier molecular flexibility index (Phi) is 5.58. The van der Waals surface area contributed by atoms with Crippen LogP contribution in [0.4, 0.5) is 11.4 Å². The topological polar surface area (TPSA) is 138 Å². The lowest BCUT2D eigenvalue weighted by molar-refractivity contribution is -0.119. The average molecular weight is 466 g/mol. The summed E-state index contributed by atoms with van der Waals surface area (Å²) in [5, 5.41) is 17.0. The Labute approximate surface area is 196 Å². The number of nitrogens with one attached hydrogen (secondary N) is 1. The van der Waals surface area contributed by atoms with Crippen LogP contribution in [0.5, 0.6) is 5.75 Å². The number of amides is 2. The lowest BCUT2D eigenvalue weighted by atomic mass is 9.99. The molecule has 1 saturated heterocycles. The quantitative estimate of drug-likeness (QED) is 0.472. The molecule has 0 spiro atoms. The molecule has 2 amide bonds. The molecule has 1 aromatic carbocycles. The molecule has 4 N–H and O–H groups in total. The summed E-state index contributed by atoms with van der Waals surface area (Å²) in [7, 11) is 0. The molecule has 2 aromatic heterocycles. The fourth-order valence-corrected chi connectivity index (χ4v) is 4.55. The highest BCUT2D eigenvalue weighted by molar-refractivity contribution is 6.09. The SMILES string of the molecule is C[C@]1(CO)Cc2cc(NC(=O)c3cnn4cccnc34)c(N3CCN(CC(N)=O)CC3)cc2O1. The molecule has 5 rings (SSSR count). The second kappa shape index (κ2) is 8.58. The highest BCUT2D eigenvalue weighted by atomic mass is 16.5. The van der Waals surface area contributed by atoms with Gasteiger partial charge in [-0.05, 0) is 19.1 Å². The number of aliphatic hydroxyl groups is 1. The van der Waals surface area contributed by atoms with Crippen molar-refractivity contribution in [2.24, 2.45) is 5.73 Å². The van der Waals surface area contributed by atoms with Gasteiger partial charge in [0.05, 0.1) is 30.7 Å². The summed E-state index contributed by atoms with van der Waals surface area (Å²) >= 11 is 0. The molecule has 2 aliphatic heterocycles. The number of benzene rings is 1. The summed E-state index contributed by atoms with van der Waals surface area (Å²) in [6.07, 6.45) is 5.39. The first-order chi connectivity index (χ1) is 16.3. The Hall–Kier alpha value is -3.70. The zero-order chi connectivity index (χ0) is 23.9. The zero-order valence-corrected chi connectivity index (χ0v) is 18.9. The van der Waals surface area contributed by atoms with Crippen molar-refractivity contribution >= 4 is 28.8 Å². The summed E-state index contributed by atoms with van der Waals surface area (Å²) < 4.78 is 7.61. The first-order valence-corrected chi connectivity index (χ1v) is 11.2. The molecule has 11 nitrogen and oxygen atoms in total. The molecule has 34 heavy (non-hydrogen) atoms. The molecule has 1 fully saturated rings. The number of hydrogen-bond donors (Lipinski definition) is 3. The number of aliphatic hydroxyl groups excluding tert-OH is 1. The van der Waals surface area contributed by atoms with E-state index in [2.05, 4.69) is 20.3 Å². The van der Waals surface area contributed by atoms with Crippen LogP contribution in [0.15, 0.2) is 36.8 Å². The number of ether oxygens (including phenoxy) is 1. The van der Waals surface area contributed by atoms with E-state index in [-0.39, 0.29) is 25.0 Å². The van der Waals surface area contributed by atoms with Gasteiger partial charge in [-0.3, -0.25) is 14.5 Å². The number of carbonyl (C=O) groups excluding carboxylic acids is 2. The molecular weight excluding hydrogens is 438 g/mol. The third-order valence-corrected chi connectivity index (χ3v) is 6.30. The molecule has 0 radical (unpaired) electrons. The number of nitrogens with two attached hydrogens (primary N) is 1. The van der Waals surface area contributed by atoms with E-state index in [0.717, 1.165) is 11.3 Å². The predicted octanol–water partition coefficient (Wildman–Crippen LogP) is 0.275. The fourth-order valence-electron chi connectivity index (χ4n) is 4.55. The first kappa shape index (κ1) is 22.1. The minimum atomic E-state index is -0.700. The first-order valence-electron chi connectivity index (χ1n) is 11.2. The Morgan fingerprint density at radius 1 is 1.26 bits per heavy atom. The number of piperazine rings is 1. The Morgan fingerprint density at radius 3 is 2.79 bits per heavy atom. The molecule has 0 saturated carbocycles. The third-order valence-electron chi connectivity index (χ3n) is 6.30. The Balaban J connectivity index is 1.45. The minimum Gasteiger partial charge on any atom is -0.484 e. The number of anilines is 2. The van der Waals surface area contributed by atoms with Crippen LogP contribution < -0.4 is 20.7 Å². The maximum absolute atomic E-state index is 13.2. The van der Waals surface area contributed by atoms with Crippen LogP contribution in [0.3, 0.4) is 0 Å². The number of rotatable bonds is 6.